The molecular weight excluding hydrogens is 235 g/mol. The number of hydrogen-bond donors (Lipinski definition) is 3. The summed E-state index contributed by atoms with van der Waals surface area (Å²) in [6.45, 7) is 1.54. The predicted molar refractivity (Wildman–Crippen MR) is 61.1 cm³/mol. The quantitative estimate of drug-likeness (QED) is 0.534. The first-order valence-electron chi connectivity index (χ1n) is 4.42. The summed E-state index contributed by atoms with van der Waals surface area (Å²) in [5.41, 5.74) is 0.742. The third kappa shape index (κ3) is 3.36. The Morgan fingerprint density at radius 1 is 1.27 bits per heavy atom. The number of hydrogen-bond acceptors (Lipinski definition) is 2. The number of aromatic nitrogens is 2. The molecule has 1 rings (SSSR count). The lowest BCUT2D eigenvalue weighted by atomic mass is 10.5. The van der Waals surface area contributed by atoms with Gasteiger partial charge in [0.25, 0.3) is 6.72 Å². The Bertz CT molecular complexity index is 408. The van der Waals surface area contributed by atoms with Crippen molar-refractivity contribution in [1.29, 1.82) is 0 Å². The van der Waals surface area contributed by atoms with E-state index in [-0.39, 0.29) is 5.25 Å². The summed E-state index contributed by atoms with van der Waals surface area (Å²) < 4.78 is 0. The molecule has 0 radical (unpaired) electrons. The molecule has 0 aliphatic carbocycles. The van der Waals surface area contributed by atoms with Crippen LogP contribution in [0.5, 0.6) is 0 Å². The number of aryl methyl sites for hydroxylation is 1. The van der Waals surface area contributed by atoms with Crippen LogP contribution in [0, 0.1) is 6.92 Å². The maximum Gasteiger partial charge on any atom is 0.283 e. The molecule has 0 fully saturated rings. The average Bonchev–Trinajstić information content (AvgIpc) is 1.99. The molecular formula is C8H15N2O3PS. The van der Waals surface area contributed by atoms with Gasteiger partial charge >= 0.3 is 0 Å². The zero-order valence-corrected chi connectivity index (χ0v) is 10.5. The van der Waals surface area contributed by atoms with E-state index in [2.05, 4.69) is 9.97 Å². The van der Waals surface area contributed by atoms with E-state index in [1.165, 1.54) is 6.33 Å². The minimum Gasteiger partial charge on any atom is -0.328 e. The molecule has 1 unspecified atom stereocenters. The van der Waals surface area contributed by atoms with Crippen LogP contribution in [0.15, 0.2) is 17.4 Å². The molecule has 15 heavy (non-hydrogen) atoms. The van der Waals surface area contributed by atoms with Crippen molar-refractivity contribution in [3.8, 4) is 0 Å². The van der Waals surface area contributed by atoms with Gasteiger partial charge in [0.2, 0.25) is 0 Å². The lowest BCUT2D eigenvalue weighted by Gasteiger charge is -2.17. The minimum atomic E-state index is -3.89. The van der Waals surface area contributed by atoms with E-state index < -0.39 is 16.8 Å². The Morgan fingerprint density at radius 2 is 1.87 bits per heavy atom. The molecule has 1 heterocycles. The van der Waals surface area contributed by atoms with Gasteiger partial charge in [-0.05, 0) is 13.0 Å². The molecule has 3 N–H and O–H groups in total. The van der Waals surface area contributed by atoms with Crippen LogP contribution in [0.3, 0.4) is 0 Å². The van der Waals surface area contributed by atoms with Crippen molar-refractivity contribution < 1.29 is 14.7 Å². The fraction of sp³-hybridized carbons (Fsp3) is 0.500. The van der Waals surface area contributed by atoms with Crippen molar-refractivity contribution >= 4 is 16.8 Å². The topological polar surface area (TPSA) is 86.5 Å². The Labute approximate surface area is 91.0 Å². The van der Waals surface area contributed by atoms with Gasteiger partial charge in [0.05, 0.1) is 0 Å². The van der Waals surface area contributed by atoms with Crippen LogP contribution in [0.4, 0.5) is 0 Å². The van der Waals surface area contributed by atoms with E-state index >= 15 is 0 Å². The summed E-state index contributed by atoms with van der Waals surface area (Å²) in [6, 6.07) is 1.67. The van der Waals surface area contributed by atoms with Gasteiger partial charge in [0.1, 0.15) is 11.4 Å². The summed E-state index contributed by atoms with van der Waals surface area (Å²) in [5.74, 6) is 0. The fourth-order valence-electron chi connectivity index (χ4n) is 1.19. The molecule has 1 atom stereocenters. The van der Waals surface area contributed by atoms with Gasteiger partial charge in [-0.15, -0.1) is 0 Å². The van der Waals surface area contributed by atoms with Crippen LogP contribution in [-0.2, 0) is 10.1 Å². The molecule has 7 heteroatoms. The minimum absolute atomic E-state index is 0.0763. The molecule has 0 aliphatic heterocycles. The largest absolute Gasteiger partial charge is 0.328 e. The van der Waals surface area contributed by atoms with Gasteiger partial charge < -0.3 is 14.7 Å². The summed E-state index contributed by atoms with van der Waals surface area (Å²) in [4.78, 5) is 36.0. The van der Waals surface area contributed by atoms with Gasteiger partial charge in [0, 0.05) is 10.9 Å². The second-order valence-electron chi connectivity index (χ2n) is 3.37. The first kappa shape index (κ1) is 12.8. The van der Waals surface area contributed by atoms with Crippen molar-refractivity contribution in [1.82, 2.24) is 9.97 Å². The van der Waals surface area contributed by atoms with Crippen LogP contribution in [-0.4, -0.2) is 29.9 Å². The highest BCUT2D eigenvalue weighted by atomic mass is 32.5. The first-order valence-corrected chi connectivity index (χ1v) is 7.96. The Morgan fingerprint density at radius 3 is 2.27 bits per heavy atom. The van der Waals surface area contributed by atoms with Crippen LogP contribution >= 0.6 is 6.72 Å². The van der Waals surface area contributed by atoms with Gasteiger partial charge in [0.15, 0.2) is 0 Å². The maximum atomic E-state index is 9.37. The Balaban J connectivity index is 3.37. The predicted octanol–water partition coefficient (Wildman–Crippen LogP) is 0.825. The molecule has 5 nitrogen and oxygen atoms in total. The molecule has 0 amide bonds. The van der Waals surface area contributed by atoms with Crippen LogP contribution < -0.4 is 0 Å². The van der Waals surface area contributed by atoms with Crippen molar-refractivity contribution in [2.75, 3.05) is 0 Å². The normalized spacial score (nSPS) is 14.3. The first-order chi connectivity index (χ1) is 6.82. The highest BCUT2D eigenvalue weighted by molar-refractivity contribution is 8.27. The zero-order chi connectivity index (χ0) is 11.6. The van der Waals surface area contributed by atoms with Gasteiger partial charge in [-0.25, -0.2) is 9.97 Å². The monoisotopic (exact) mass is 250 g/mol. The molecule has 0 aromatic carbocycles. The van der Waals surface area contributed by atoms with Crippen molar-refractivity contribution in [3.63, 3.8) is 0 Å². The van der Waals surface area contributed by atoms with Gasteiger partial charge in [-0.2, -0.15) is 0 Å². The lowest BCUT2D eigenvalue weighted by molar-refractivity contribution is 0.362. The van der Waals surface area contributed by atoms with E-state index in [9.17, 15) is 14.7 Å². The van der Waals surface area contributed by atoms with Gasteiger partial charge in [-0.3, -0.25) is 0 Å². The molecule has 0 saturated carbocycles. The van der Waals surface area contributed by atoms with E-state index in [4.69, 9.17) is 0 Å². The summed E-state index contributed by atoms with van der Waals surface area (Å²) in [7, 11) is -1.04. The molecule has 0 aliphatic rings. The second-order valence-corrected chi connectivity index (χ2v) is 9.04. The van der Waals surface area contributed by atoms with Crippen molar-refractivity contribution in [2.24, 2.45) is 0 Å². The standard InChI is InChI=1S/C8H15N2O3PS/c1-6(2)15(14(11,12)13)8-4-7(3)9-5-10-8/h4-6,11-13H,1-3H3. The summed E-state index contributed by atoms with van der Waals surface area (Å²) in [6.07, 6.45) is 1.36. The summed E-state index contributed by atoms with van der Waals surface area (Å²) >= 11 is 0. The Hall–Kier alpha value is -0.260. The Kier molecular flexibility index (Phi) is 4.03. The zero-order valence-electron chi connectivity index (χ0n) is 8.82. The second kappa shape index (κ2) is 4.72. The molecule has 0 bridgehead atoms. The third-order valence-corrected chi connectivity index (χ3v) is 7.19. The molecule has 86 valence electrons. The van der Waals surface area contributed by atoms with E-state index in [1.807, 2.05) is 13.8 Å². The molecule has 0 spiro atoms. The van der Waals surface area contributed by atoms with E-state index in [1.54, 1.807) is 13.0 Å². The third-order valence-electron chi connectivity index (χ3n) is 1.70. The van der Waals surface area contributed by atoms with Crippen LogP contribution in [0.25, 0.3) is 0 Å². The SMILES string of the molecule is Cc1cc(S(C(C)C)=P(O)(O)O)ncn1. The average molecular weight is 250 g/mol. The highest BCUT2D eigenvalue weighted by Gasteiger charge is 2.19. The fourth-order valence-corrected chi connectivity index (χ4v) is 5.69. The van der Waals surface area contributed by atoms with E-state index in [0.29, 0.717) is 5.03 Å². The van der Waals surface area contributed by atoms with Crippen LogP contribution in [0.2, 0.25) is 0 Å². The van der Waals surface area contributed by atoms with Crippen molar-refractivity contribution in [3.05, 3.63) is 18.1 Å². The van der Waals surface area contributed by atoms with Gasteiger partial charge in [-0.1, -0.05) is 23.9 Å². The van der Waals surface area contributed by atoms with E-state index in [0.717, 1.165) is 5.69 Å². The van der Waals surface area contributed by atoms with Crippen LogP contribution in [0.1, 0.15) is 19.5 Å². The molecule has 0 saturated heterocycles. The number of rotatable bonds is 2. The molecule has 1 aromatic rings. The lowest BCUT2D eigenvalue weighted by Crippen LogP contribution is -2.10. The molecule has 1 aromatic heterocycles. The summed E-state index contributed by atoms with van der Waals surface area (Å²) in [5, 5.41) is 0.422. The van der Waals surface area contributed by atoms with Crippen molar-refractivity contribution in [2.45, 2.75) is 31.0 Å². The number of nitrogens with zero attached hydrogens (tertiary/aromatic N) is 2. The maximum absolute atomic E-state index is 9.37. The highest BCUT2D eigenvalue weighted by Crippen LogP contribution is 2.41. The smallest absolute Gasteiger partial charge is 0.283 e.